The highest BCUT2D eigenvalue weighted by molar-refractivity contribution is 6.35. The van der Waals surface area contributed by atoms with Crippen LogP contribution in [0.1, 0.15) is 30.9 Å². The van der Waals surface area contributed by atoms with Crippen molar-refractivity contribution in [3.8, 4) is 0 Å². The quantitative estimate of drug-likeness (QED) is 0.734. The first-order valence-corrected chi connectivity index (χ1v) is 9.80. The van der Waals surface area contributed by atoms with Crippen LogP contribution in [0.3, 0.4) is 0 Å². The molecule has 29 heavy (non-hydrogen) atoms. The highest BCUT2D eigenvalue weighted by Gasteiger charge is 2.42. The van der Waals surface area contributed by atoms with Crippen LogP contribution in [0.15, 0.2) is 54.2 Å². The summed E-state index contributed by atoms with van der Waals surface area (Å²) in [4.78, 5) is 29.7. The zero-order chi connectivity index (χ0) is 20.5. The first-order chi connectivity index (χ1) is 13.9. The molecule has 0 radical (unpaired) electrons. The highest BCUT2D eigenvalue weighted by atomic mass is 19.1. The van der Waals surface area contributed by atoms with Gasteiger partial charge in [-0.25, -0.2) is 8.78 Å². The SMILES string of the molecule is CC1CCCN(C2=C(c3ccc(F)cc3)C(=O)N(Cc3ccc(F)cc3)C2=O)C1. The van der Waals surface area contributed by atoms with E-state index in [1.54, 1.807) is 12.1 Å². The Labute approximate surface area is 168 Å². The second-order valence-corrected chi connectivity index (χ2v) is 7.75. The molecule has 150 valence electrons. The molecule has 2 aromatic carbocycles. The Hall–Kier alpha value is -3.02. The molecule has 1 atom stereocenters. The normalized spacial score (nSPS) is 20.0. The summed E-state index contributed by atoms with van der Waals surface area (Å²) in [6.07, 6.45) is 2.03. The van der Waals surface area contributed by atoms with Crippen molar-refractivity contribution >= 4 is 17.4 Å². The molecule has 6 heteroatoms. The number of nitrogens with zero attached hydrogens (tertiary/aromatic N) is 2. The van der Waals surface area contributed by atoms with Gasteiger partial charge in [0, 0.05) is 13.1 Å². The van der Waals surface area contributed by atoms with Crippen molar-refractivity contribution < 1.29 is 18.4 Å². The number of likely N-dealkylation sites (tertiary alicyclic amines) is 1. The van der Waals surface area contributed by atoms with Crippen LogP contribution in [0, 0.1) is 17.6 Å². The Bertz CT molecular complexity index is 967. The van der Waals surface area contributed by atoms with Crippen molar-refractivity contribution in [1.29, 1.82) is 0 Å². The van der Waals surface area contributed by atoms with Gasteiger partial charge < -0.3 is 4.90 Å². The molecule has 1 unspecified atom stereocenters. The van der Waals surface area contributed by atoms with Crippen LogP contribution in [0.25, 0.3) is 5.57 Å². The zero-order valence-electron chi connectivity index (χ0n) is 16.2. The molecule has 0 N–H and O–H groups in total. The molecule has 0 saturated carbocycles. The molecule has 4 nitrogen and oxygen atoms in total. The summed E-state index contributed by atoms with van der Waals surface area (Å²) < 4.78 is 26.6. The van der Waals surface area contributed by atoms with Gasteiger partial charge in [-0.1, -0.05) is 31.2 Å². The largest absolute Gasteiger partial charge is 0.366 e. The van der Waals surface area contributed by atoms with Crippen molar-refractivity contribution in [2.75, 3.05) is 13.1 Å². The Morgan fingerprint density at radius 1 is 0.931 bits per heavy atom. The number of rotatable bonds is 4. The van der Waals surface area contributed by atoms with Gasteiger partial charge in [0.2, 0.25) is 0 Å². The van der Waals surface area contributed by atoms with E-state index in [0.29, 0.717) is 41.4 Å². The number of halogens is 2. The molecule has 0 aromatic heterocycles. The van der Waals surface area contributed by atoms with Crippen LogP contribution >= 0.6 is 0 Å². The molecule has 4 rings (SSSR count). The summed E-state index contributed by atoms with van der Waals surface area (Å²) in [6.45, 7) is 3.59. The molecule has 2 heterocycles. The minimum absolute atomic E-state index is 0.0650. The molecule has 2 aliphatic rings. The third kappa shape index (κ3) is 3.79. The van der Waals surface area contributed by atoms with Crippen molar-refractivity contribution in [2.45, 2.75) is 26.3 Å². The van der Waals surface area contributed by atoms with E-state index in [-0.39, 0.29) is 18.3 Å². The van der Waals surface area contributed by atoms with E-state index in [9.17, 15) is 18.4 Å². The van der Waals surface area contributed by atoms with Crippen LogP contribution in [0.2, 0.25) is 0 Å². The van der Waals surface area contributed by atoms with Gasteiger partial charge in [0.1, 0.15) is 17.3 Å². The average molecular weight is 396 g/mol. The summed E-state index contributed by atoms with van der Waals surface area (Å²) >= 11 is 0. The second-order valence-electron chi connectivity index (χ2n) is 7.75. The second kappa shape index (κ2) is 7.78. The predicted molar refractivity (Wildman–Crippen MR) is 105 cm³/mol. The van der Waals surface area contributed by atoms with E-state index in [0.717, 1.165) is 12.8 Å². The molecule has 0 bridgehead atoms. The number of carbonyl (C=O) groups is 2. The number of carbonyl (C=O) groups excluding carboxylic acids is 2. The van der Waals surface area contributed by atoms with Crippen LogP contribution in [0.4, 0.5) is 8.78 Å². The molecule has 2 amide bonds. The first kappa shape index (κ1) is 19.3. The van der Waals surface area contributed by atoms with Gasteiger partial charge in [-0.15, -0.1) is 0 Å². The Balaban J connectivity index is 1.72. The van der Waals surface area contributed by atoms with Crippen LogP contribution in [0.5, 0.6) is 0 Å². The zero-order valence-corrected chi connectivity index (χ0v) is 16.2. The smallest absolute Gasteiger partial charge is 0.278 e. The van der Waals surface area contributed by atoms with Crippen molar-refractivity contribution in [2.24, 2.45) is 5.92 Å². The third-order valence-corrected chi connectivity index (χ3v) is 5.50. The number of piperidine rings is 1. The first-order valence-electron chi connectivity index (χ1n) is 9.80. The Morgan fingerprint density at radius 2 is 1.55 bits per heavy atom. The Kier molecular flexibility index (Phi) is 5.18. The number of hydrogen-bond acceptors (Lipinski definition) is 3. The van der Waals surface area contributed by atoms with Crippen molar-refractivity contribution in [3.63, 3.8) is 0 Å². The molecular weight excluding hydrogens is 374 g/mol. The maximum absolute atomic E-state index is 13.4. The van der Waals surface area contributed by atoms with Gasteiger partial charge in [-0.2, -0.15) is 0 Å². The molecule has 2 aromatic rings. The van der Waals surface area contributed by atoms with Crippen LogP contribution < -0.4 is 0 Å². The van der Waals surface area contributed by atoms with Gasteiger partial charge in [-0.05, 0) is 54.2 Å². The van der Waals surface area contributed by atoms with Crippen LogP contribution in [-0.2, 0) is 16.1 Å². The average Bonchev–Trinajstić information content (AvgIpc) is 2.95. The van der Waals surface area contributed by atoms with Gasteiger partial charge in [0.05, 0.1) is 12.1 Å². The van der Waals surface area contributed by atoms with Crippen molar-refractivity contribution in [3.05, 3.63) is 77.0 Å². The summed E-state index contributed by atoms with van der Waals surface area (Å²) in [5, 5.41) is 0. The maximum atomic E-state index is 13.4. The number of hydrogen-bond donors (Lipinski definition) is 0. The lowest BCUT2D eigenvalue weighted by molar-refractivity contribution is -0.138. The molecule has 0 spiro atoms. The van der Waals surface area contributed by atoms with Gasteiger partial charge in [0.15, 0.2) is 0 Å². The van der Waals surface area contributed by atoms with E-state index < -0.39 is 11.7 Å². The minimum atomic E-state index is -0.404. The maximum Gasteiger partial charge on any atom is 0.278 e. The molecular formula is C23H22F2N2O2. The minimum Gasteiger partial charge on any atom is -0.366 e. The lowest BCUT2D eigenvalue weighted by Crippen LogP contribution is -2.39. The summed E-state index contributed by atoms with van der Waals surface area (Å²) in [7, 11) is 0. The molecule has 2 aliphatic heterocycles. The molecule has 1 saturated heterocycles. The van der Waals surface area contributed by atoms with E-state index in [2.05, 4.69) is 6.92 Å². The van der Waals surface area contributed by atoms with E-state index in [4.69, 9.17) is 0 Å². The van der Waals surface area contributed by atoms with Gasteiger partial charge in [-0.3, -0.25) is 14.5 Å². The summed E-state index contributed by atoms with van der Waals surface area (Å²) in [5.74, 6) is -1.12. The topological polar surface area (TPSA) is 40.6 Å². The predicted octanol–water partition coefficient (Wildman–Crippen LogP) is 3.98. The van der Waals surface area contributed by atoms with Gasteiger partial charge >= 0.3 is 0 Å². The monoisotopic (exact) mass is 396 g/mol. The van der Waals surface area contributed by atoms with E-state index in [1.807, 2.05) is 4.90 Å². The fourth-order valence-electron chi connectivity index (χ4n) is 4.04. The van der Waals surface area contributed by atoms with Gasteiger partial charge in [0.25, 0.3) is 11.8 Å². The molecule has 1 fully saturated rings. The number of imide groups is 1. The number of benzene rings is 2. The summed E-state index contributed by atoms with van der Waals surface area (Å²) in [5.41, 5.74) is 1.89. The highest BCUT2D eigenvalue weighted by Crippen LogP contribution is 2.34. The van der Waals surface area contributed by atoms with Crippen LogP contribution in [-0.4, -0.2) is 34.7 Å². The van der Waals surface area contributed by atoms with E-state index in [1.165, 1.54) is 41.3 Å². The number of amides is 2. The fourth-order valence-corrected chi connectivity index (χ4v) is 4.04. The lowest BCUT2D eigenvalue weighted by Gasteiger charge is -2.33. The van der Waals surface area contributed by atoms with Crippen molar-refractivity contribution in [1.82, 2.24) is 9.80 Å². The molecule has 0 aliphatic carbocycles. The standard InChI is InChI=1S/C23H22F2N2O2/c1-15-3-2-12-26(13-15)21-20(17-6-10-19(25)11-7-17)22(28)27(23(21)29)14-16-4-8-18(24)9-5-16/h4-11,15H,2-3,12-14H2,1H3. The van der Waals surface area contributed by atoms with E-state index >= 15 is 0 Å². The fraction of sp³-hybridized carbons (Fsp3) is 0.304. The third-order valence-electron chi connectivity index (χ3n) is 5.50. The lowest BCUT2D eigenvalue weighted by atomic mass is 9.98. The Morgan fingerprint density at radius 3 is 2.17 bits per heavy atom. The summed E-state index contributed by atoms with van der Waals surface area (Å²) in [6, 6.07) is 11.4.